The number of hydrogen-bond acceptors (Lipinski definition) is 3. The maximum Gasteiger partial charge on any atom is 0.269 e. The molecule has 0 spiro atoms. The summed E-state index contributed by atoms with van der Waals surface area (Å²) in [5, 5.41) is 13.6. The van der Waals surface area contributed by atoms with Gasteiger partial charge in [0, 0.05) is 23.7 Å². The quantitative estimate of drug-likeness (QED) is 0.401. The smallest absolute Gasteiger partial charge is 0.269 e. The van der Waals surface area contributed by atoms with Crippen LogP contribution in [-0.4, -0.2) is 22.2 Å². The number of alkyl halides is 1. The van der Waals surface area contributed by atoms with Crippen LogP contribution in [0, 0.1) is 17.0 Å². The molecule has 5 nitrogen and oxygen atoms in total. The van der Waals surface area contributed by atoms with Crippen molar-refractivity contribution in [2.75, 3.05) is 0 Å². The van der Waals surface area contributed by atoms with Crippen molar-refractivity contribution in [3.8, 4) is 0 Å². The zero-order valence-corrected chi connectivity index (χ0v) is 12.7. The van der Waals surface area contributed by atoms with E-state index in [1.165, 1.54) is 18.2 Å². The van der Waals surface area contributed by atoms with Gasteiger partial charge >= 0.3 is 0 Å². The number of halogens is 1. The molecule has 1 fully saturated rings. The molecule has 2 atom stereocenters. The van der Waals surface area contributed by atoms with Crippen LogP contribution in [0.4, 0.5) is 5.69 Å². The van der Waals surface area contributed by atoms with Crippen LogP contribution in [0.25, 0.3) is 0 Å². The number of nitro groups is 1. The molecule has 2 unspecified atom stereocenters. The van der Waals surface area contributed by atoms with E-state index in [0.717, 1.165) is 32.1 Å². The summed E-state index contributed by atoms with van der Waals surface area (Å²) in [5.74, 6) is -0.208. The number of carbonyl (C=O) groups is 1. The van der Waals surface area contributed by atoms with E-state index >= 15 is 0 Å². The maximum absolute atomic E-state index is 12.3. The molecule has 1 amide bonds. The monoisotopic (exact) mass is 310 g/mol. The summed E-state index contributed by atoms with van der Waals surface area (Å²) in [6.07, 6.45) is 5.09. The zero-order chi connectivity index (χ0) is 15.4. The van der Waals surface area contributed by atoms with Crippen molar-refractivity contribution in [1.29, 1.82) is 0 Å². The number of amides is 1. The minimum absolute atomic E-state index is 0.00580. The number of carbonyl (C=O) groups excluding carboxylic acids is 1. The first-order valence-corrected chi connectivity index (χ1v) is 7.62. The Morgan fingerprint density at radius 1 is 1.33 bits per heavy atom. The van der Waals surface area contributed by atoms with E-state index in [1.807, 2.05) is 0 Å². The molecule has 0 heterocycles. The van der Waals surface area contributed by atoms with E-state index in [2.05, 4.69) is 5.32 Å². The molecule has 1 aromatic rings. The van der Waals surface area contributed by atoms with Gasteiger partial charge in [0.25, 0.3) is 11.6 Å². The third-order valence-corrected chi connectivity index (χ3v) is 4.44. The molecule has 0 saturated heterocycles. The summed E-state index contributed by atoms with van der Waals surface area (Å²) in [4.78, 5) is 22.6. The molecule has 1 aliphatic carbocycles. The van der Waals surface area contributed by atoms with Crippen molar-refractivity contribution in [1.82, 2.24) is 5.32 Å². The van der Waals surface area contributed by atoms with Crippen molar-refractivity contribution < 1.29 is 9.72 Å². The topological polar surface area (TPSA) is 72.2 Å². The van der Waals surface area contributed by atoms with E-state index in [1.54, 1.807) is 6.92 Å². The molecular formula is C15H19ClN2O3. The molecule has 0 bridgehead atoms. The number of benzene rings is 1. The summed E-state index contributed by atoms with van der Waals surface area (Å²) in [6, 6.07) is 4.24. The van der Waals surface area contributed by atoms with Crippen LogP contribution >= 0.6 is 11.6 Å². The number of non-ortho nitro benzene ring substituents is 1. The van der Waals surface area contributed by atoms with Crippen molar-refractivity contribution in [3.63, 3.8) is 0 Å². The largest absolute Gasteiger partial charge is 0.348 e. The lowest BCUT2D eigenvalue weighted by atomic mass is 10.0. The Morgan fingerprint density at radius 2 is 2.05 bits per heavy atom. The second-order valence-corrected chi connectivity index (χ2v) is 6.05. The number of nitrogens with one attached hydrogen (secondary N) is 1. The molecule has 1 aliphatic rings. The van der Waals surface area contributed by atoms with Crippen LogP contribution in [0.15, 0.2) is 18.2 Å². The Hall–Kier alpha value is -1.62. The fourth-order valence-electron chi connectivity index (χ4n) is 2.69. The van der Waals surface area contributed by atoms with E-state index in [4.69, 9.17) is 11.6 Å². The maximum atomic E-state index is 12.3. The van der Waals surface area contributed by atoms with Gasteiger partial charge in [-0.15, -0.1) is 11.6 Å². The number of aryl methyl sites for hydroxylation is 1. The SMILES string of the molecule is Cc1cc([N+](=O)[O-])ccc1C(=O)NC1CCCCCC1Cl. The normalized spacial score (nSPS) is 22.4. The Bertz CT molecular complexity index is 548. The van der Waals surface area contributed by atoms with Crippen LogP contribution in [0.2, 0.25) is 0 Å². The van der Waals surface area contributed by atoms with Crippen molar-refractivity contribution in [3.05, 3.63) is 39.4 Å². The molecule has 114 valence electrons. The number of rotatable bonds is 3. The van der Waals surface area contributed by atoms with Gasteiger partial charge in [-0.3, -0.25) is 14.9 Å². The molecule has 21 heavy (non-hydrogen) atoms. The standard InChI is InChI=1S/C15H19ClN2O3/c1-10-9-11(18(20)21)7-8-12(10)15(19)17-14-6-4-2-3-5-13(14)16/h7-9,13-14H,2-6H2,1H3,(H,17,19). The molecule has 0 radical (unpaired) electrons. The van der Waals surface area contributed by atoms with Crippen LogP contribution in [-0.2, 0) is 0 Å². The highest BCUT2D eigenvalue weighted by molar-refractivity contribution is 6.21. The highest BCUT2D eigenvalue weighted by atomic mass is 35.5. The van der Waals surface area contributed by atoms with Gasteiger partial charge in [0.05, 0.1) is 10.3 Å². The highest BCUT2D eigenvalue weighted by Crippen LogP contribution is 2.23. The van der Waals surface area contributed by atoms with Crippen molar-refractivity contribution >= 4 is 23.2 Å². The van der Waals surface area contributed by atoms with Crippen LogP contribution < -0.4 is 5.32 Å². The highest BCUT2D eigenvalue weighted by Gasteiger charge is 2.24. The first-order valence-electron chi connectivity index (χ1n) is 7.19. The molecular weight excluding hydrogens is 292 g/mol. The van der Waals surface area contributed by atoms with Gasteiger partial charge in [-0.2, -0.15) is 0 Å². The van der Waals surface area contributed by atoms with Crippen LogP contribution in [0.3, 0.4) is 0 Å². The number of nitrogens with zero attached hydrogens (tertiary/aromatic N) is 1. The Morgan fingerprint density at radius 3 is 2.71 bits per heavy atom. The first-order chi connectivity index (χ1) is 9.99. The predicted molar refractivity (Wildman–Crippen MR) is 81.8 cm³/mol. The third-order valence-electron chi connectivity index (χ3n) is 3.91. The van der Waals surface area contributed by atoms with Crippen LogP contribution in [0.5, 0.6) is 0 Å². The number of hydrogen-bond donors (Lipinski definition) is 1. The van der Waals surface area contributed by atoms with E-state index < -0.39 is 4.92 Å². The molecule has 2 rings (SSSR count). The van der Waals surface area contributed by atoms with Gasteiger partial charge < -0.3 is 5.32 Å². The van der Waals surface area contributed by atoms with E-state index in [-0.39, 0.29) is 23.0 Å². The zero-order valence-electron chi connectivity index (χ0n) is 12.0. The summed E-state index contributed by atoms with van der Waals surface area (Å²) in [7, 11) is 0. The van der Waals surface area contributed by atoms with Gasteiger partial charge in [-0.05, 0) is 31.4 Å². The molecule has 1 saturated carbocycles. The molecule has 1 aromatic carbocycles. The van der Waals surface area contributed by atoms with Crippen molar-refractivity contribution in [2.45, 2.75) is 50.4 Å². The summed E-state index contributed by atoms with van der Waals surface area (Å²) in [5.41, 5.74) is 1.06. The first kappa shape index (κ1) is 15.8. The second kappa shape index (κ2) is 6.89. The minimum Gasteiger partial charge on any atom is -0.348 e. The second-order valence-electron chi connectivity index (χ2n) is 5.49. The predicted octanol–water partition coefficient (Wildman–Crippen LogP) is 3.57. The Kier molecular flexibility index (Phi) is 5.17. The Balaban J connectivity index is 2.11. The lowest BCUT2D eigenvalue weighted by Gasteiger charge is -2.21. The number of nitro benzene ring substituents is 1. The van der Waals surface area contributed by atoms with E-state index in [0.29, 0.717) is 11.1 Å². The van der Waals surface area contributed by atoms with E-state index in [9.17, 15) is 14.9 Å². The van der Waals surface area contributed by atoms with Gasteiger partial charge in [-0.1, -0.05) is 19.3 Å². The lowest BCUT2D eigenvalue weighted by molar-refractivity contribution is -0.384. The summed E-state index contributed by atoms with van der Waals surface area (Å²) >= 11 is 6.32. The van der Waals surface area contributed by atoms with Crippen molar-refractivity contribution in [2.24, 2.45) is 0 Å². The average molecular weight is 311 g/mol. The molecule has 1 N–H and O–H groups in total. The molecule has 0 aromatic heterocycles. The molecule has 6 heteroatoms. The van der Waals surface area contributed by atoms with Gasteiger partial charge in [0.15, 0.2) is 0 Å². The van der Waals surface area contributed by atoms with Crippen LogP contribution in [0.1, 0.15) is 48.0 Å². The fraction of sp³-hybridized carbons (Fsp3) is 0.533. The summed E-state index contributed by atoms with van der Waals surface area (Å²) < 4.78 is 0. The Labute approximate surface area is 128 Å². The van der Waals surface area contributed by atoms with Gasteiger partial charge in [0.1, 0.15) is 0 Å². The summed E-state index contributed by atoms with van der Waals surface area (Å²) in [6.45, 7) is 1.70. The minimum atomic E-state index is -0.464. The molecule has 0 aliphatic heterocycles. The van der Waals surface area contributed by atoms with Gasteiger partial charge in [-0.25, -0.2) is 0 Å². The van der Waals surface area contributed by atoms with Gasteiger partial charge in [0.2, 0.25) is 0 Å². The average Bonchev–Trinajstić information content (AvgIpc) is 2.63. The fourth-order valence-corrected chi connectivity index (χ4v) is 3.03. The third kappa shape index (κ3) is 3.94. The lowest BCUT2D eigenvalue weighted by Crippen LogP contribution is -2.40.